The number of piperazine rings is 1. The van der Waals surface area contributed by atoms with Crippen molar-refractivity contribution in [1.82, 2.24) is 15.2 Å². The van der Waals surface area contributed by atoms with E-state index in [-0.39, 0.29) is 24.0 Å². The number of aliphatic imine (C=N–C) groups is 1. The molecule has 0 aliphatic carbocycles. The molecule has 0 bridgehead atoms. The molecule has 1 aromatic heterocycles. The van der Waals surface area contributed by atoms with Crippen molar-refractivity contribution >= 4 is 47.0 Å². The van der Waals surface area contributed by atoms with Gasteiger partial charge in [-0.15, -0.1) is 35.3 Å². The molecular formula is C20H30IN5S. The third kappa shape index (κ3) is 5.57. The maximum absolute atomic E-state index is 4.81. The molecule has 1 fully saturated rings. The Morgan fingerprint density at radius 3 is 2.56 bits per heavy atom. The lowest BCUT2D eigenvalue weighted by Crippen LogP contribution is -2.52. The molecule has 3 rings (SSSR count). The fraction of sp³-hybridized carbons (Fsp3) is 0.500. The highest BCUT2D eigenvalue weighted by molar-refractivity contribution is 14.0. The predicted molar refractivity (Wildman–Crippen MR) is 127 cm³/mol. The second kappa shape index (κ2) is 10.3. The van der Waals surface area contributed by atoms with Crippen LogP contribution in [0.3, 0.4) is 0 Å². The topological polar surface area (TPSA) is 43.8 Å². The van der Waals surface area contributed by atoms with Crippen LogP contribution in [-0.4, -0.2) is 48.6 Å². The van der Waals surface area contributed by atoms with Crippen LogP contribution >= 0.6 is 35.3 Å². The Morgan fingerprint density at radius 2 is 1.93 bits per heavy atom. The van der Waals surface area contributed by atoms with E-state index < -0.39 is 0 Å². The Kier molecular flexibility index (Phi) is 8.34. The molecule has 1 aliphatic heterocycles. The van der Waals surface area contributed by atoms with Gasteiger partial charge in [0.15, 0.2) is 5.96 Å². The Morgan fingerprint density at radius 1 is 1.19 bits per heavy atom. The lowest BCUT2D eigenvalue weighted by Gasteiger charge is -2.38. The summed E-state index contributed by atoms with van der Waals surface area (Å²) in [4.78, 5) is 15.3. The number of aryl methyl sites for hydroxylation is 2. The summed E-state index contributed by atoms with van der Waals surface area (Å²) in [6.07, 6.45) is 1.92. The van der Waals surface area contributed by atoms with E-state index in [0.717, 1.165) is 43.7 Å². The van der Waals surface area contributed by atoms with Gasteiger partial charge in [0, 0.05) is 49.5 Å². The van der Waals surface area contributed by atoms with Crippen molar-refractivity contribution < 1.29 is 0 Å². The van der Waals surface area contributed by atoms with Gasteiger partial charge in [-0.2, -0.15) is 0 Å². The summed E-state index contributed by atoms with van der Waals surface area (Å²) in [5, 5.41) is 4.51. The summed E-state index contributed by atoms with van der Waals surface area (Å²) < 4.78 is 0. The van der Waals surface area contributed by atoms with Gasteiger partial charge in [-0.1, -0.05) is 12.1 Å². The molecule has 0 radical (unpaired) electrons. The first-order chi connectivity index (χ1) is 12.6. The van der Waals surface area contributed by atoms with Gasteiger partial charge in [0.1, 0.15) is 5.01 Å². The zero-order valence-electron chi connectivity index (χ0n) is 16.7. The number of hydrogen-bond acceptors (Lipinski definition) is 4. The summed E-state index contributed by atoms with van der Waals surface area (Å²) in [6.45, 7) is 14.1. The molecule has 1 aromatic carbocycles. The molecule has 2 aromatic rings. The molecule has 1 N–H and O–H groups in total. The van der Waals surface area contributed by atoms with Crippen molar-refractivity contribution in [3.8, 4) is 0 Å². The van der Waals surface area contributed by atoms with Crippen LogP contribution in [-0.2, 0) is 6.54 Å². The van der Waals surface area contributed by atoms with Gasteiger partial charge in [-0.25, -0.2) is 9.98 Å². The standard InChI is InChI=1S/C20H29N5S.HI/c1-5-21-20(23-14-19-22-13-16(3)26-19)25-11-9-24(10-12-25)18-8-6-7-15(2)17(18)4;/h6-8,13H,5,9-12,14H2,1-4H3,(H,21,23);1H. The molecular weight excluding hydrogens is 469 g/mol. The highest BCUT2D eigenvalue weighted by Crippen LogP contribution is 2.24. The van der Waals surface area contributed by atoms with Crippen molar-refractivity contribution in [3.05, 3.63) is 45.4 Å². The Hall–Kier alpha value is -1.35. The number of halogens is 1. The van der Waals surface area contributed by atoms with E-state index in [1.165, 1.54) is 21.7 Å². The zero-order valence-corrected chi connectivity index (χ0v) is 19.8. The van der Waals surface area contributed by atoms with Crippen LogP contribution in [0.1, 0.15) is 27.9 Å². The normalized spacial score (nSPS) is 14.9. The van der Waals surface area contributed by atoms with E-state index in [2.05, 4.69) is 66.0 Å². The number of hydrogen-bond donors (Lipinski definition) is 1. The second-order valence-electron chi connectivity index (χ2n) is 6.73. The van der Waals surface area contributed by atoms with Crippen LogP contribution in [0.2, 0.25) is 0 Å². The van der Waals surface area contributed by atoms with E-state index in [0.29, 0.717) is 6.54 Å². The van der Waals surface area contributed by atoms with Gasteiger partial charge in [0.25, 0.3) is 0 Å². The SMILES string of the molecule is CCNC(=NCc1ncc(C)s1)N1CCN(c2cccc(C)c2C)CC1.I. The molecule has 1 aliphatic rings. The van der Waals surface area contributed by atoms with Crippen molar-refractivity contribution in [2.24, 2.45) is 4.99 Å². The number of anilines is 1. The number of nitrogens with one attached hydrogen (secondary N) is 1. The van der Waals surface area contributed by atoms with Crippen LogP contribution in [0.4, 0.5) is 5.69 Å². The molecule has 148 valence electrons. The van der Waals surface area contributed by atoms with Crippen LogP contribution in [0.25, 0.3) is 0 Å². The summed E-state index contributed by atoms with van der Waals surface area (Å²) in [5.74, 6) is 1.00. The first-order valence-corrected chi connectivity index (χ1v) is 10.2. The van der Waals surface area contributed by atoms with Crippen molar-refractivity contribution in [3.63, 3.8) is 0 Å². The van der Waals surface area contributed by atoms with E-state index in [9.17, 15) is 0 Å². The molecule has 0 spiro atoms. The Bertz CT molecular complexity index is 765. The van der Waals surface area contributed by atoms with Crippen molar-refractivity contribution in [2.75, 3.05) is 37.6 Å². The fourth-order valence-corrected chi connectivity index (χ4v) is 3.99. The van der Waals surface area contributed by atoms with Gasteiger partial charge in [-0.3, -0.25) is 0 Å². The van der Waals surface area contributed by atoms with Crippen molar-refractivity contribution in [2.45, 2.75) is 34.2 Å². The van der Waals surface area contributed by atoms with Crippen molar-refractivity contribution in [1.29, 1.82) is 0 Å². The van der Waals surface area contributed by atoms with E-state index in [4.69, 9.17) is 4.99 Å². The number of thiazole rings is 1. The molecule has 0 amide bonds. The highest BCUT2D eigenvalue weighted by Gasteiger charge is 2.21. The van der Waals surface area contributed by atoms with Gasteiger partial charge in [0.05, 0.1) is 6.54 Å². The third-order valence-corrected chi connectivity index (χ3v) is 5.76. The smallest absolute Gasteiger partial charge is 0.194 e. The number of guanidine groups is 1. The lowest BCUT2D eigenvalue weighted by atomic mass is 10.1. The van der Waals surface area contributed by atoms with Crippen LogP contribution in [0.15, 0.2) is 29.4 Å². The van der Waals surface area contributed by atoms with Crippen LogP contribution in [0.5, 0.6) is 0 Å². The number of benzene rings is 1. The summed E-state index contributed by atoms with van der Waals surface area (Å²) >= 11 is 1.72. The number of rotatable bonds is 4. The number of nitrogens with zero attached hydrogens (tertiary/aromatic N) is 4. The largest absolute Gasteiger partial charge is 0.368 e. The fourth-order valence-electron chi connectivity index (χ4n) is 3.28. The minimum atomic E-state index is 0. The minimum absolute atomic E-state index is 0. The Labute approximate surface area is 183 Å². The minimum Gasteiger partial charge on any atom is -0.368 e. The monoisotopic (exact) mass is 499 g/mol. The number of aromatic nitrogens is 1. The van der Waals surface area contributed by atoms with Gasteiger partial charge < -0.3 is 15.1 Å². The second-order valence-corrected chi connectivity index (χ2v) is 8.05. The van der Waals surface area contributed by atoms with Gasteiger partial charge in [0.2, 0.25) is 0 Å². The van der Waals surface area contributed by atoms with Crippen LogP contribution < -0.4 is 10.2 Å². The predicted octanol–water partition coefficient (Wildman–Crippen LogP) is 3.97. The van der Waals surface area contributed by atoms with Gasteiger partial charge >= 0.3 is 0 Å². The maximum Gasteiger partial charge on any atom is 0.194 e. The van der Waals surface area contributed by atoms with E-state index in [1.807, 2.05) is 6.20 Å². The summed E-state index contributed by atoms with van der Waals surface area (Å²) in [5.41, 5.74) is 4.11. The quantitative estimate of drug-likeness (QED) is 0.393. The average molecular weight is 499 g/mol. The molecule has 5 nitrogen and oxygen atoms in total. The first-order valence-electron chi connectivity index (χ1n) is 9.34. The van der Waals surface area contributed by atoms with E-state index >= 15 is 0 Å². The molecule has 27 heavy (non-hydrogen) atoms. The maximum atomic E-state index is 4.81. The molecule has 2 heterocycles. The summed E-state index contributed by atoms with van der Waals surface area (Å²) in [6, 6.07) is 6.58. The van der Waals surface area contributed by atoms with Crippen LogP contribution in [0, 0.1) is 20.8 Å². The highest BCUT2D eigenvalue weighted by atomic mass is 127. The molecule has 0 unspecified atom stereocenters. The zero-order chi connectivity index (χ0) is 18.5. The molecule has 7 heteroatoms. The summed E-state index contributed by atoms with van der Waals surface area (Å²) in [7, 11) is 0. The van der Waals surface area contributed by atoms with Gasteiger partial charge in [-0.05, 0) is 44.9 Å². The third-order valence-electron chi connectivity index (χ3n) is 4.86. The molecule has 0 saturated carbocycles. The first kappa shape index (κ1) is 21.9. The lowest BCUT2D eigenvalue weighted by molar-refractivity contribution is 0.372. The van der Waals surface area contributed by atoms with E-state index in [1.54, 1.807) is 11.3 Å². The molecule has 0 atom stereocenters. The molecule has 1 saturated heterocycles. The average Bonchev–Trinajstić information content (AvgIpc) is 3.06. The Balaban J connectivity index is 0.00000261.